The molecule has 0 saturated heterocycles. The average Bonchev–Trinajstić information content (AvgIpc) is 2.20. The third kappa shape index (κ3) is 6.66. The predicted octanol–water partition coefficient (Wildman–Crippen LogP) is 1.89. The second kappa shape index (κ2) is 8.75. The van der Waals surface area contributed by atoms with Crippen molar-refractivity contribution in [2.24, 2.45) is 0 Å². The van der Waals surface area contributed by atoms with E-state index in [9.17, 15) is 4.79 Å². The van der Waals surface area contributed by atoms with Crippen molar-refractivity contribution >= 4 is 5.97 Å². The lowest BCUT2D eigenvalue weighted by atomic mass is 10.1. The van der Waals surface area contributed by atoms with Gasteiger partial charge in [0.1, 0.15) is 0 Å². The Morgan fingerprint density at radius 3 is 2.71 bits per heavy atom. The maximum atomic E-state index is 11.2. The molecular formula is C11H21NO2. The smallest absolute Gasteiger partial charge is 0.333 e. The van der Waals surface area contributed by atoms with Crippen molar-refractivity contribution in [1.29, 1.82) is 0 Å². The highest BCUT2D eigenvalue weighted by Gasteiger charge is 2.06. The molecule has 0 saturated carbocycles. The Hall–Kier alpha value is -0.830. The summed E-state index contributed by atoms with van der Waals surface area (Å²) < 4.78 is 4.95. The lowest BCUT2D eigenvalue weighted by Crippen LogP contribution is -2.15. The van der Waals surface area contributed by atoms with Gasteiger partial charge in [0.05, 0.1) is 6.61 Å². The van der Waals surface area contributed by atoms with E-state index in [0.29, 0.717) is 12.2 Å². The summed E-state index contributed by atoms with van der Waals surface area (Å²) in [6.45, 7) is 10.1. The molecule has 0 aliphatic rings. The molecule has 14 heavy (non-hydrogen) atoms. The van der Waals surface area contributed by atoms with Gasteiger partial charge in [0.25, 0.3) is 0 Å². The van der Waals surface area contributed by atoms with E-state index in [-0.39, 0.29) is 5.97 Å². The van der Waals surface area contributed by atoms with Crippen LogP contribution >= 0.6 is 0 Å². The summed E-state index contributed by atoms with van der Waals surface area (Å²) in [7, 11) is 0. The molecule has 0 aliphatic carbocycles. The van der Waals surface area contributed by atoms with Gasteiger partial charge in [-0.3, -0.25) is 0 Å². The quantitative estimate of drug-likeness (QED) is 0.368. The van der Waals surface area contributed by atoms with Crippen molar-refractivity contribution in [3.63, 3.8) is 0 Å². The molecule has 0 unspecified atom stereocenters. The zero-order valence-electron chi connectivity index (χ0n) is 9.27. The number of hydrogen-bond donors (Lipinski definition) is 1. The molecule has 3 heteroatoms. The van der Waals surface area contributed by atoms with Crippen LogP contribution in [0.3, 0.4) is 0 Å². The van der Waals surface area contributed by atoms with Crippen molar-refractivity contribution < 1.29 is 9.53 Å². The number of esters is 1. The van der Waals surface area contributed by atoms with Crippen molar-refractivity contribution in [1.82, 2.24) is 5.32 Å². The van der Waals surface area contributed by atoms with Gasteiger partial charge in [0.2, 0.25) is 0 Å². The van der Waals surface area contributed by atoms with E-state index in [0.717, 1.165) is 32.4 Å². The maximum absolute atomic E-state index is 11.2. The molecule has 3 nitrogen and oxygen atoms in total. The van der Waals surface area contributed by atoms with Crippen molar-refractivity contribution in [3.05, 3.63) is 12.2 Å². The Kier molecular flexibility index (Phi) is 8.24. The van der Waals surface area contributed by atoms with E-state index >= 15 is 0 Å². The fourth-order valence-electron chi connectivity index (χ4n) is 1.00. The fourth-order valence-corrected chi connectivity index (χ4v) is 1.00. The van der Waals surface area contributed by atoms with Crippen molar-refractivity contribution in [2.45, 2.75) is 33.1 Å². The standard InChI is InChI=1S/C11H21NO2/c1-4-9-14-11(13)10(3)7-6-8-12-5-2/h12H,3-9H2,1-2H3. The summed E-state index contributed by atoms with van der Waals surface area (Å²) in [5, 5.41) is 3.19. The Morgan fingerprint density at radius 2 is 2.14 bits per heavy atom. The number of carbonyl (C=O) groups is 1. The minimum atomic E-state index is -0.247. The fraction of sp³-hybridized carbons (Fsp3) is 0.727. The molecule has 0 fully saturated rings. The molecule has 0 aromatic rings. The van der Waals surface area contributed by atoms with Gasteiger partial charge in [-0.15, -0.1) is 0 Å². The van der Waals surface area contributed by atoms with Crippen molar-refractivity contribution in [3.8, 4) is 0 Å². The molecule has 1 N–H and O–H groups in total. The summed E-state index contributed by atoms with van der Waals surface area (Å²) in [6, 6.07) is 0. The van der Waals surface area contributed by atoms with Crippen LogP contribution in [0.25, 0.3) is 0 Å². The van der Waals surface area contributed by atoms with E-state index < -0.39 is 0 Å². The van der Waals surface area contributed by atoms with E-state index in [2.05, 4.69) is 18.8 Å². The van der Waals surface area contributed by atoms with Gasteiger partial charge >= 0.3 is 5.97 Å². The topological polar surface area (TPSA) is 38.3 Å². The predicted molar refractivity (Wildman–Crippen MR) is 58.2 cm³/mol. The normalized spacial score (nSPS) is 9.86. The zero-order chi connectivity index (χ0) is 10.8. The van der Waals surface area contributed by atoms with Crippen LogP contribution in [0.15, 0.2) is 12.2 Å². The lowest BCUT2D eigenvalue weighted by Gasteiger charge is -2.06. The SMILES string of the molecule is C=C(CCCNCC)C(=O)OCCC. The molecule has 0 aromatic heterocycles. The van der Waals surface area contributed by atoms with Gasteiger partial charge in [-0.2, -0.15) is 0 Å². The Labute approximate surface area is 86.5 Å². The highest BCUT2D eigenvalue weighted by atomic mass is 16.5. The third-order valence-electron chi connectivity index (χ3n) is 1.81. The summed E-state index contributed by atoms with van der Waals surface area (Å²) in [4.78, 5) is 11.2. The summed E-state index contributed by atoms with van der Waals surface area (Å²) in [6.07, 6.45) is 2.51. The first-order valence-corrected chi connectivity index (χ1v) is 5.28. The minimum absolute atomic E-state index is 0.247. The highest BCUT2D eigenvalue weighted by molar-refractivity contribution is 5.87. The van der Waals surface area contributed by atoms with Gasteiger partial charge in [-0.05, 0) is 32.4 Å². The first kappa shape index (κ1) is 13.2. The number of nitrogens with one attached hydrogen (secondary N) is 1. The lowest BCUT2D eigenvalue weighted by molar-refractivity contribution is -0.139. The molecular weight excluding hydrogens is 178 g/mol. The molecule has 0 bridgehead atoms. The first-order valence-electron chi connectivity index (χ1n) is 5.28. The number of carbonyl (C=O) groups excluding carboxylic acids is 1. The van der Waals surface area contributed by atoms with E-state index in [1.165, 1.54) is 0 Å². The molecule has 0 atom stereocenters. The molecule has 0 rings (SSSR count). The van der Waals surface area contributed by atoms with Crippen LogP contribution in [0.4, 0.5) is 0 Å². The second-order valence-electron chi connectivity index (χ2n) is 3.20. The number of rotatable bonds is 8. The Balaban J connectivity index is 3.47. The monoisotopic (exact) mass is 199 g/mol. The van der Waals surface area contributed by atoms with Gasteiger partial charge < -0.3 is 10.1 Å². The second-order valence-corrected chi connectivity index (χ2v) is 3.20. The number of hydrogen-bond acceptors (Lipinski definition) is 3. The van der Waals surface area contributed by atoms with Crippen molar-refractivity contribution in [2.75, 3.05) is 19.7 Å². The molecule has 0 amide bonds. The van der Waals surface area contributed by atoms with Crippen LogP contribution in [-0.2, 0) is 9.53 Å². The summed E-state index contributed by atoms with van der Waals surface area (Å²) >= 11 is 0. The third-order valence-corrected chi connectivity index (χ3v) is 1.81. The van der Waals surface area contributed by atoms with E-state index in [1.807, 2.05) is 6.92 Å². The zero-order valence-corrected chi connectivity index (χ0v) is 9.27. The van der Waals surface area contributed by atoms with Gasteiger partial charge in [0.15, 0.2) is 0 Å². The van der Waals surface area contributed by atoms with Gasteiger partial charge in [-0.25, -0.2) is 4.79 Å². The van der Waals surface area contributed by atoms with Crippen LogP contribution < -0.4 is 5.32 Å². The molecule has 0 heterocycles. The van der Waals surface area contributed by atoms with Gasteiger partial charge in [-0.1, -0.05) is 20.4 Å². The summed E-state index contributed by atoms with van der Waals surface area (Å²) in [5.74, 6) is -0.247. The first-order chi connectivity index (χ1) is 6.72. The minimum Gasteiger partial charge on any atom is -0.462 e. The Bertz CT molecular complexity index is 178. The Morgan fingerprint density at radius 1 is 1.43 bits per heavy atom. The summed E-state index contributed by atoms with van der Waals surface area (Å²) in [5.41, 5.74) is 0.580. The van der Waals surface area contributed by atoms with Crippen LogP contribution in [0.5, 0.6) is 0 Å². The van der Waals surface area contributed by atoms with Gasteiger partial charge in [0, 0.05) is 5.57 Å². The van der Waals surface area contributed by atoms with Crippen LogP contribution in [-0.4, -0.2) is 25.7 Å². The largest absolute Gasteiger partial charge is 0.462 e. The van der Waals surface area contributed by atoms with Crippen LogP contribution in [0.1, 0.15) is 33.1 Å². The molecule has 82 valence electrons. The molecule has 0 aliphatic heterocycles. The van der Waals surface area contributed by atoms with E-state index in [4.69, 9.17) is 4.74 Å². The highest BCUT2D eigenvalue weighted by Crippen LogP contribution is 2.04. The maximum Gasteiger partial charge on any atom is 0.333 e. The number of ether oxygens (including phenoxy) is 1. The molecule has 0 spiro atoms. The average molecular weight is 199 g/mol. The van der Waals surface area contributed by atoms with E-state index in [1.54, 1.807) is 0 Å². The molecule has 0 aromatic carbocycles. The van der Waals surface area contributed by atoms with Crippen LogP contribution in [0, 0.1) is 0 Å². The molecule has 0 radical (unpaired) electrons. The van der Waals surface area contributed by atoms with Crippen LogP contribution in [0.2, 0.25) is 0 Å².